The molecule has 0 fully saturated rings. The van der Waals surface area contributed by atoms with Gasteiger partial charge >= 0.3 is 0 Å². The summed E-state index contributed by atoms with van der Waals surface area (Å²) in [5.41, 5.74) is -2.35. The molecule has 118 valence electrons. The minimum atomic E-state index is -1.49. The van der Waals surface area contributed by atoms with E-state index in [1.807, 2.05) is 0 Å². The molecule has 0 radical (unpaired) electrons. The second-order valence-electron chi connectivity index (χ2n) is 4.99. The van der Waals surface area contributed by atoms with Gasteiger partial charge in [0.1, 0.15) is 29.0 Å². The minimum absolute atomic E-state index is 0.274. The maximum atomic E-state index is 14.0. The molecule has 0 aliphatic rings. The van der Waals surface area contributed by atoms with Crippen molar-refractivity contribution in [2.75, 3.05) is 11.9 Å². The Morgan fingerprint density at radius 3 is 1.95 bits per heavy atom. The maximum absolute atomic E-state index is 14.0. The lowest BCUT2D eigenvalue weighted by Gasteiger charge is -2.11. The summed E-state index contributed by atoms with van der Waals surface area (Å²) in [6.45, 7) is 2.38. The van der Waals surface area contributed by atoms with Crippen molar-refractivity contribution in [1.82, 2.24) is 0 Å². The van der Waals surface area contributed by atoms with Gasteiger partial charge in [-0.05, 0) is 6.42 Å². The quantitative estimate of drug-likeness (QED) is 0.563. The van der Waals surface area contributed by atoms with Crippen molar-refractivity contribution in [2.45, 2.75) is 45.4 Å². The van der Waals surface area contributed by atoms with Gasteiger partial charge in [-0.25, -0.2) is 13.2 Å². The second-order valence-corrected chi connectivity index (χ2v) is 4.99. The Labute approximate surface area is 128 Å². The summed E-state index contributed by atoms with van der Waals surface area (Å²) >= 11 is 0. The van der Waals surface area contributed by atoms with Gasteiger partial charge < -0.3 is 5.32 Å². The number of nitriles is 2. The summed E-state index contributed by atoms with van der Waals surface area (Å²) in [7, 11) is 0. The number of unbranched alkanes of at least 4 members (excludes halogenated alkanes) is 5. The Kier molecular flexibility index (Phi) is 7.25. The number of halogens is 3. The molecule has 22 heavy (non-hydrogen) atoms. The first-order valence-corrected chi connectivity index (χ1v) is 7.32. The Hall–Kier alpha value is -2.21. The van der Waals surface area contributed by atoms with E-state index in [-0.39, 0.29) is 6.54 Å². The van der Waals surface area contributed by atoms with Gasteiger partial charge in [-0.15, -0.1) is 0 Å². The zero-order valence-corrected chi connectivity index (χ0v) is 12.5. The highest BCUT2D eigenvalue weighted by molar-refractivity contribution is 5.59. The molecule has 1 rings (SSSR count). The number of hydrogen-bond acceptors (Lipinski definition) is 3. The summed E-state index contributed by atoms with van der Waals surface area (Å²) in [6.07, 6.45) is 6.03. The number of rotatable bonds is 8. The van der Waals surface area contributed by atoms with E-state index in [0.717, 1.165) is 32.1 Å². The molecule has 0 bridgehead atoms. The highest BCUT2D eigenvalue weighted by Gasteiger charge is 2.24. The number of benzene rings is 1. The van der Waals surface area contributed by atoms with Crippen LogP contribution in [0.2, 0.25) is 0 Å². The lowest BCUT2D eigenvalue weighted by Crippen LogP contribution is -2.10. The van der Waals surface area contributed by atoms with Crippen molar-refractivity contribution >= 4 is 5.69 Å². The standard InChI is InChI=1S/C16H18F3N3/c1-2-3-4-5-6-7-8-22-16-14(18)12(10-21)11(9-20)13(17)15(16)19/h22H,2-8H2,1H3. The van der Waals surface area contributed by atoms with E-state index < -0.39 is 34.3 Å². The van der Waals surface area contributed by atoms with Crippen molar-refractivity contribution < 1.29 is 13.2 Å². The van der Waals surface area contributed by atoms with Gasteiger partial charge in [0.15, 0.2) is 17.5 Å². The highest BCUT2D eigenvalue weighted by atomic mass is 19.2. The molecule has 0 amide bonds. The molecular weight excluding hydrogens is 291 g/mol. The molecule has 1 N–H and O–H groups in total. The average molecular weight is 309 g/mol. The average Bonchev–Trinajstić information content (AvgIpc) is 2.52. The third kappa shape index (κ3) is 4.14. The largest absolute Gasteiger partial charge is 0.380 e. The molecule has 0 unspecified atom stereocenters. The molecule has 0 heterocycles. The van der Waals surface area contributed by atoms with Gasteiger partial charge in [0.25, 0.3) is 0 Å². The molecule has 0 aliphatic heterocycles. The third-order valence-electron chi connectivity index (χ3n) is 3.38. The van der Waals surface area contributed by atoms with Crippen LogP contribution < -0.4 is 5.32 Å². The first kappa shape index (κ1) is 17.8. The fraction of sp³-hybridized carbons (Fsp3) is 0.500. The Bertz CT molecular complexity index is 600. The first-order chi connectivity index (χ1) is 10.6. The van der Waals surface area contributed by atoms with Gasteiger partial charge in [0.2, 0.25) is 0 Å². The van der Waals surface area contributed by atoms with Crippen molar-refractivity contribution in [3.63, 3.8) is 0 Å². The minimum Gasteiger partial charge on any atom is -0.380 e. The molecule has 0 spiro atoms. The summed E-state index contributed by atoms with van der Waals surface area (Å²) in [6, 6.07) is 2.72. The smallest absolute Gasteiger partial charge is 0.186 e. The van der Waals surface area contributed by atoms with Crippen LogP contribution in [0.3, 0.4) is 0 Å². The van der Waals surface area contributed by atoms with E-state index in [4.69, 9.17) is 10.5 Å². The van der Waals surface area contributed by atoms with Crippen molar-refractivity contribution in [3.8, 4) is 12.1 Å². The SMILES string of the molecule is CCCCCCCCNc1c(F)c(F)c(C#N)c(C#N)c1F. The van der Waals surface area contributed by atoms with Gasteiger partial charge in [0.05, 0.1) is 0 Å². The molecule has 0 aliphatic carbocycles. The molecule has 3 nitrogen and oxygen atoms in total. The van der Waals surface area contributed by atoms with Gasteiger partial charge in [-0.1, -0.05) is 39.0 Å². The van der Waals surface area contributed by atoms with Crippen LogP contribution in [-0.2, 0) is 0 Å². The monoisotopic (exact) mass is 309 g/mol. The van der Waals surface area contributed by atoms with E-state index in [2.05, 4.69) is 12.2 Å². The molecule has 6 heteroatoms. The molecule has 0 saturated heterocycles. The lowest BCUT2D eigenvalue weighted by molar-refractivity contribution is 0.494. The predicted octanol–water partition coefficient (Wildman–Crippen LogP) is 4.62. The summed E-state index contributed by atoms with van der Waals surface area (Å²) in [5.74, 6) is -4.17. The van der Waals surface area contributed by atoms with E-state index in [1.165, 1.54) is 12.1 Å². The van der Waals surface area contributed by atoms with Gasteiger partial charge in [-0.3, -0.25) is 0 Å². The van der Waals surface area contributed by atoms with Gasteiger partial charge in [-0.2, -0.15) is 10.5 Å². The molecule has 1 aromatic rings. The van der Waals surface area contributed by atoms with Crippen LogP contribution in [0.5, 0.6) is 0 Å². The number of hydrogen-bond donors (Lipinski definition) is 1. The molecule has 0 aromatic heterocycles. The van der Waals surface area contributed by atoms with E-state index in [1.54, 1.807) is 0 Å². The molecule has 1 aromatic carbocycles. The van der Waals surface area contributed by atoms with E-state index in [0.29, 0.717) is 6.42 Å². The predicted molar refractivity (Wildman–Crippen MR) is 77.6 cm³/mol. The first-order valence-electron chi connectivity index (χ1n) is 7.32. The highest BCUT2D eigenvalue weighted by Crippen LogP contribution is 2.28. The Balaban J connectivity index is 2.74. The lowest BCUT2D eigenvalue weighted by atomic mass is 10.1. The Morgan fingerprint density at radius 2 is 1.36 bits per heavy atom. The second kappa shape index (κ2) is 8.94. The van der Waals surface area contributed by atoms with E-state index >= 15 is 0 Å². The van der Waals surface area contributed by atoms with Crippen LogP contribution in [0.25, 0.3) is 0 Å². The zero-order chi connectivity index (χ0) is 16.5. The van der Waals surface area contributed by atoms with Gasteiger partial charge in [0, 0.05) is 6.54 Å². The van der Waals surface area contributed by atoms with E-state index in [9.17, 15) is 13.2 Å². The zero-order valence-electron chi connectivity index (χ0n) is 12.5. The van der Waals surface area contributed by atoms with Crippen LogP contribution in [0, 0.1) is 40.1 Å². The normalized spacial score (nSPS) is 10.1. The molecule has 0 atom stereocenters. The summed E-state index contributed by atoms with van der Waals surface area (Å²) < 4.78 is 41.4. The van der Waals surface area contributed by atoms with Crippen LogP contribution >= 0.6 is 0 Å². The van der Waals surface area contributed by atoms with Crippen molar-refractivity contribution in [2.24, 2.45) is 0 Å². The van der Waals surface area contributed by atoms with Crippen molar-refractivity contribution in [1.29, 1.82) is 10.5 Å². The van der Waals surface area contributed by atoms with Crippen LogP contribution in [0.4, 0.5) is 18.9 Å². The topological polar surface area (TPSA) is 59.6 Å². The fourth-order valence-electron chi connectivity index (χ4n) is 2.14. The summed E-state index contributed by atoms with van der Waals surface area (Å²) in [5, 5.41) is 20.0. The van der Waals surface area contributed by atoms with Crippen LogP contribution in [-0.4, -0.2) is 6.54 Å². The number of anilines is 1. The van der Waals surface area contributed by atoms with Crippen LogP contribution in [0.1, 0.15) is 56.6 Å². The maximum Gasteiger partial charge on any atom is 0.186 e. The van der Waals surface area contributed by atoms with Crippen molar-refractivity contribution in [3.05, 3.63) is 28.6 Å². The third-order valence-corrected chi connectivity index (χ3v) is 3.38. The fourth-order valence-corrected chi connectivity index (χ4v) is 2.14. The molecule has 0 saturated carbocycles. The Morgan fingerprint density at radius 1 is 0.818 bits per heavy atom. The number of nitrogens with zero attached hydrogens (tertiary/aromatic N) is 2. The number of nitrogens with one attached hydrogen (secondary N) is 1. The molecular formula is C16H18F3N3. The summed E-state index contributed by atoms with van der Waals surface area (Å²) in [4.78, 5) is 0. The van der Waals surface area contributed by atoms with Crippen LogP contribution in [0.15, 0.2) is 0 Å².